The maximum Gasteiger partial charge on any atom is 0.263 e. The van der Waals surface area contributed by atoms with Gasteiger partial charge in [0.25, 0.3) is 6.43 Å². The second-order valence-electron chi connectivity index (χ2n) is 3.02. The Labute approximate surface area is 74.3 Å². The SMILES string of the molecule is N[C@@H]1COc2cc(C(F)F)ccc21. The van der Waals surface area contributed by atoms with Crippen LogP contribution in [0.5, 0.6) is 5.75 Å². The Hall–Kier alpha value is -1.16. The first-order chi connectivity index (χ1) is 6.18. The van der Waals surface area contributed by atoms with Gasteiger partial charge in [0, 0.05) is 11.1 Å². The van der Waals surface area contributed by atoms with Crippen LogP contribution in [0, 0.1) is 0 Å². The predicted octanol–water partition coefficient (Wildman–Crippen LogP) is 2.02. The Morgan fingerprint density at radius 3 is 2.92 bits per heavy atom. The fourth-order valence-corrected chi connectivity index (χ4v) is 1.39. The van der Waals surface area contributed by atoms with Crippen LogP contribution < -0.4 is 10.5 Å². The summed E-state index contributed by atoms with van der Waals surface area (Å²) in [5, 5.41) is 0. The van der Waals surface area contributed by atoms with E-state index < -0.39 is 6.43 Å². The minimum absolute atomic E-state index is 0.0205. The van der Waals surface area contributed by atoms with Crippen molar-refractivity contribution in [2.45, 2.75) is 12.5 Å². The Balaban J connectivity index is 2.40. The predicted molar refractivity (Wildman–Crippen MR) is 43.8 cm³/mol. The molecule has 0 aliphatic carbocycles. The summed E-state index contributed by atoms with van der Waals surface area (Å²) < 4.78 is 29.6. The Kier molecular flexibility index (Phi) is 1.92. The Morgan fingerprint density at radius 1 is 1.46 bits per heavy atom. The molecule has 1 heterocycles. The molecule has 0 saturated carbocycles. The summed E-state index contributed by atoms with van der Waals surface area (Å²) in [6, 6.07) is 4.17. The van der Waals surface area contributed by atoms with Crippen LogP contribution in [0.25, 0.3) is 0 Å². The van der Waals surface area contributed by atoms with E-state index >= 15 is 0 Å². The maximum atomic E-state index is 12.2. The number of rotatable bonds is 1. The van der Waals surface area contributed by atoms with Crippen molar-refractivity contribution in [3.63, 3.8) is 0 Å². The highest BCUT2D eigenvalue weighted by Gasteiger charge is 2.21. The van der Waals surface area contributed by atoms with Crippen molar-refractivity contribution in [3.8, 4) is 5.75 Å². The average Bonchev–Trinajstić information content (AvgIpc) is 2.47. The van der Waals surface area contributed by atoms with E-state index in [0.717, 1.165) is 5.56 Å². The normalized spacial score (nSPS) is 20.2. The van der Waals surface area contributed by atoms with Crippen LogP contribution in [0.4, 0.5) is 8.78 Å². The number of benzene rings is 1. The largest absolute Gasteiger partial charge is 0.491 e. The molecule has 0 radical (unpaired) electrons. The molecule has 0 aromatic heterocycles. The topological polar surface area (TPSA) is 35.2 Å². The highest BCUT2D eigenvalue weighted by molar-refractivity contribution is 5.42. The first-order valence-corrected chi connectivity index (χ1v) is 3.99. The van der Waals surface area contributed by atoms with Crippen LogP contribution >= 0.6 is 0 Å². The van der Waals surface area contributed by atoms with E-state index in [2.05, 4.69) is 0 Å². The molecule has 0 unspecified atom stereocenters. The quantitative estimate of drug-likeness (QED) is 0.726. The van der Waals surface area contributed by atoms with Crippen molar-refractivity contribution < 1.29 is 13.5 Å². The average molecular weight is 185 g/mol. The second-order valence-corrected chi connectivity index (χ2v) is 3.02. The van der Waals surface area contributed by atoms with Gasteiger partial charge in [-0.2, -0.15) is 0 Å². The van der Waals surface area contributed by atoms with E-state index in [1.165, 1.54) is 12.1 Å². The second kappa shape index (κ2) is 2.96. The van der Waals surface area contributed by atoms with Gasteiger partial charge in [0.1, 0.15) is 12.4 Å². The van der Waals surface area contributed by atoms with Gasteiger partial charge in [-0.3, -0.25) is 0 Å². The van der Waals surface area contributed by atoms with Gasteiger partial charge in [-0.15, -0.1) is 0 Å². The highest BCUT2D eigenvalue weighted by Crippen LogP contribution is 2.33. The van der Waals surface area contributed by atoms with Gasteiger partial charge < -0.3 is 10.5 Å². The van der Waals surface area contributed by atoms with E-state index in [1.54, 1.807) is 6.07 Å². The zero-order chi connectivity index (χ0) is 9.42. The van der Waals surface area contributed by atoms with E-state index in [-0.39, 0.29) is 11.6 Å². The molecule has 0 saturated heterocycles. The van der Waals surface area contributed by atoms with E-state index in [1.807, 2.05) is 0 Å². The Morgan fingerprint density at radius 2 is 2.23 bits per heavy atom. The van der Waals surface area contributed by atoms with Gasteiger partial charge in [-0.05, 0) is 6.07 Å². The molecule has 2 N–H and O–H groups in total. The molecule has 1 aliphatic heterocycles. The summed E-state index contributed by atoms with van der Waals surface area (Å²) in [5.41, 5.74) is 6.45. The number of alkyl halides is 2. The van der Waals surface area contributed by atoms with Gasteiger partial charge >= 0.3 is 0 Å². The molecule has 1 atom stereocenters. The molecule has 1 aromatic rings. The van der Waals surface area contributed by atoms with Crippen LogP contribution in [-0.4, -0.2) is 6.61 Å². The molecule has 70 valence electrons. The number of ether oxygens (including phenoxy) is 1. The summed E-state index contributed by atoms with van der Waals surface area (Å²) in [4.78, 5) is 0. The summed E-state index contributed by atoms with van der Waals surface area (Å²) in [7, 11) is 0. The van der Waals surface area contributed by atoms with Crippen LogP contribution in [0.15, 0.2) is 18.2 Å². The van der Waals surface area contributed by atoms with Crippen molar-refractivity contribution in [1.82, 2.24) is 0 Å². The monoisotopic (exact) mass is 185 g/mol. The summed E-state index contributed by atoms with van der Waals surface area (Å²) in [6.07, 6.45) is -2.45. The molecule has 0 spiro atoms. The third-order valence-electron chi connectivity index (χ3n) is 2.11. The van der Waals surface area contributed by atoms with Gasteiger partial charge in [0.2, 0.25) is 0 Å². The summed E-state index contributed by atoms with van der Waals surface area (Å²) >= 11 is 0. The summed E-state index contributed by atoms with van der Waals surface area (Å²) in [5.74, 6) is 0.491. The minimum atomic E-state index is -2.45. The van der Waals surface area contributed by atoms with Crippen molar-refractivity contribution >= 4 is 0 Å². The molecular formula is C9H9F2NO. The Bertz CT molecular complexity index is 327. The van der Waals surface area contributed by atoms with Gasteiger partial charge in [-0.25, -0.2) is 8.78 Å². The van der Waals surface area contributed by atoms with Gasteiger partial charge in [-0.1, -0.05) is 12.1 Å². The lowest BCUT2D eigenvalue weighted by atomic mass is 10.1. The zero-order valence-electron chi connectivity index (χ0n) is 6.84. The molecule has 13 heavy (non-hydrogen) atoms. The number of hydrogen-bond acceptors (Lipinski definition) is 2. The molecule has 0 bridgehead atoms. The smallest absolute Gasteiger partial charge is 0.263 e. The minimum Gasteiger partial charge on any atom is -0.491 e. The van der Waals surface area contributed by atoms with Crippen LogP contribution in [0.1, 0.15) is 23.6 Å². The van der Waals surface area contributed by atoms with Crippen molar-refractivity contribution in [2.24, 2.45) is 5.73 Å². The van der Waals surface area contributed by atoms with Gasteiger partial charge in [0.15, 0.2) is 0 Å². The van der Waals surface area contributed by atoms with Gasteiger partial charge in [0.05, 0.1) is 6.04 Å². The molecule has 1 aromatic carbocycles. The van der Waals surface area contributed by atoms with Crippen molar-refractivity contribution in [3.05, 3.63) is 29.3 Å². The molecule has 2 nitrogen and oxygen atoms in total. The van der Waals surface area contributed by atoms with Crippen molar-refractivity contribution in [1.29, 1.82) is 0 Å². The van der Waals surface area contributed by atoms with Crippen LogP contribution in [0.3, 0.4) is 0 Å². The van der Waals surface area contributed by atoms with Crippen LogP contribution in [-0.2, 0) is 0 Å². The van der Waals surface area contributed by atoms with E-state index in [4.69, 9.17) is 10.5 Å². The molecule has 0 amide bonds. The maximum absolute atomic E-state index is 12.2. The lowest BCUT2D eigenvalue weighted by Crippen LogP contribution is -2.10. The molecule has 4 heteroatoms. The first kappa shape index (κ1) is 8.44. The third kappa shape index (κ3) is 1.37. The lowest BCUT2D eigenvalue weighted by molar-refractivity contribution is 0.151. The van der Waals surface area contributed by atoms with E-state index in [0.29, 0.717) is 12.4 Å². The van der Waals surface area contributed by atoms with Crippen molar-refractivity contribution in [2.75, 3.05) is 6.61 Å². The molecular weight excluding hydrogens is 176 g/mol. The fourth-order valence-electron chi connectivity index (χ4n) is 1.39. The van der Waals surface area contributed by atoms with Crippen LogP contribution in [0.2, 0.25) is 0 Å². The highest BCUT2D eigenvalue weighted by atomic mass is 19.3. The zero-order valence-corrected chi connectivity index (χ0v) is 6.84. The third-order valence-corrected chi connectivity index (χ3v) is 2.11. The number of halogens is 2. The summed E-state index contributed by atoms with van der Waals surface area (Å²) in [6.45, 7) is 0.377. The van der Waals surface area contributed by atoms with E-state index in [9.17, 15) is 8.78 Å². The molecule has 0 fully saturated rings. The molecule has 2 rings (SSSR count). The number of nitrogens with two attached hydrogens (primary N) is 1. The fraction of sp³-hybridized carbons (Fsp3) is 0.333. The first-order valence-electron chi connectivity index (χ1n) is 3.99. The number of fused-ring (bicyclic) bond motifs is 1. The number of hydrogen-bond donors (Lipinski definition) is 1. The lowest BCUT2D eigenvalue weighted by Gasteiger charge is -2.03. The molecule has 1 aliphatic rings. The standard InChI is InChI=1S/C9H9F2NO/c10-9(11)5-1-2-6-7(12)4-13-8(6)3-5/h1-3,7,9H,4,12H2/t7-/m1/s1.